The lowest BCUT2D eigenvalue weighted by atomic mass is 9.96. The third-order valence-corrected chi connectivity index (χ3v) is 8.50. The van der Waals surface area contributed by atoms with Crippen molar-refractivity contribution >= 4 is 34.6 Å². The summed E-state index contributed by atoms with van der Waals surface area (Å²) < 4.78 is 24.3. The normalized spacial score (nSPS) is 17.6. The van der Waals surface area contributed by atoms with Crippen LogP contribution in [0.2, 0.25) is 0 Å². The Morgan fingerprint density at radius 1 is 0.917 bits per heavy atom. The van der Waals surface area contributed by atoms with Gasteiger partial charge in [-0.1, -0.05) is 81.3 Å². The lowest BCUT2D eigenvalue weighted by Crippen LogP contribution is -2.65. The molecule has 3 amide bonds. The quantitative estimate of drug-likeness (QED) is 0.265. The van der Waals surface area contributed by atoms with Gasteiger partial charge in [-0.3, -0.25) is 9.59 Å². The first-order valence-corrected chi connectivity index (χ1v) is 16.8. The van der Waals surface area contributed by atoms with Crippen LogP contribution >= 0.6 is 0 Å². The topological polar surface area (TPSA) is 105 Å². The molecule has 10 heteroatoms. The Bertz CT molecular complexity index is 1580. The van der Waals surface area contributed by atoms with Crippen molar-refractivity contribution in [2.75, 3.05) is 20.2 Å². The van der Waals surface area contributed by atoms with Gasteiger partial charge in [0.2, 0.25) is 11.8 Å². The number of nitrogens with zero attached hydrogens (tertiary/aromatic N) is 2. The standard InChI is InChI=1S/C36H42FN3O6.C2H6/c1-36(2,3)46-35(44)38-29(20-23-12-15-28(37)16-13-23)32(41)39-17-18-40(33(42)30(39)21-24-9-10-24)31(34(43)45-4)22-25-11-14-26-7-5-6-8-27(26)19-25;1-2/h5-8,11-16,19,24,29-31H,9-10,17-18,20-22H2,1-4H3,(H,38,44);1-2H3. The summed E-state index contributed by atoms with van der Waals surface area (Å²) in [4.78, 5) is 57.6. The van der Waals surface area contributed by atoms with E-state index in [0.29, 0.717) is 12.0 Å². The van der Waals surface area contributed by atoms with Gasteiger partial charge < -0.3 is 24.6 Å². The summed E-state index contributed by atoms with van der Waals surface area (Å²) in [6, 6.07) is 16.9. The number of methoxy groups -OCH3 is 1. The highest BCUT2D eigenvalue weighted by molar-refractivity contribution is 5.94. The molecule has 258 valence electrons. The third kappa shape index (κ3) is 9.55. The van der Waals surface area contributed by atoms with Crippen molar-refractivity contribution < 1.29 is 33.0 Å². The van der Waals surface area contributed by atoms with Crippen LogP contribution in [0.5, 0.6) is 0 Å². The Morgan fingerprint density at radius 3 is 2.19 bits per heavy atom. The van der Waals surface area contributed by atoms with E-state index in [-0.39, 0.29) is 37.8 Å². The number of carbonyl (C=O) groups is 4. The number of nitrogens with one attached hydrogen (secondary N) is 1. The van der Waals surface area contributed by atoms with Gasteiger partial charge in [-0.2, -0.15) is 0 Å². The number of piperazine rings is 1. The fourth-order valence-corrected chi connectivity index (χ4v) is 6.03. The number of hydrogen-bond acceptors (Lipinski definition) is 6. The molecule has 5 rings (SSSR count). The van der Waals surface area contributed by atoms with Crippen LogP contribution in [-0.4, -0.2) is 77.6 Å². The molecule has 1 heterocycles. The van der Waals surface area contributed by atoms with Gasteiger partial charge in [0, 0.05) is 25.9 Å². The third-order valence-electron chi connectivity index (χ3n) is 8.50. The summed E-state index contributed by atoms with van der Waals surface area (Å²) in [5.41, 5.74) is 0.734. The summed E-state index contributed by atoms with van der Waals surface area (Å²) in [7, 11) is 1.31. The van der Waals surface area contributed by atoms with Crippen LogP contribution < -0.4 is 5.32 Å². The molecule has 1 saturated carbocycles. The lowest BCUT2D eigenvalue weighted by molar-refractivity contribution is -0.162. The highest BCUT2D eigenvalue weighted by Crippen LogP contribution is 2.36. The average molecular weight is 662 g/mol. The molecule has 1 aliphatic carbocycles. The van der Waals surface area contributed by atoms with Gasteiger partial charge in [-0.25, -0.2) is 14.0 Å². The van der Waals surface area contributed by atoms with E-state index in [9.17, 15) is 23.6 Å². The molecule has 9 nitrogen and oxygen atoms in total. The minimum absolute atomic E-state index is 0.0790. The number of benzene rings is 3. The van der Waals surface area contributed by atoms with Gasteiger partial charge >= 0.3 is 12.1 Å². The van der Waals surface area contributed by atoms with E-state index in [4.69, 9.17) is 9.47 Å². The monoisotopic (exact) mass is 661 g/mol. The number of esters is 1. The van der Waals surface area contributed by atoms with E-state index in [1.165, 1.54) is 24.1 Å². The largest absolute Gasteiger partial charge is 0.467 e. The summed E-state index contributed by atoms with van der Waals surface area (Å²) >= 11 is 0. The maximum absolute atomic E-state index is 14.3. The van der Waals surface area contributed by atoms with Crippen molar-refractivity contribution in [1.82, 2.24) is 15.1 Å². The molecule has 0 bridgehead atoms. The molecular formula is C38H48FN3O6. The number of amides is 3. The molecule has 1 saturated heterocycles. The van der Waals surface area contributed by atoms with Crippen LogP contribution in [0.1, 0.15) is 65.0 Å². The number of fused-ring (bicyclic) bond motifs is 1. The summed E-state index contributed by atoms with van der Waals surface area (Å²) in [6.45, 7) is 9.46. The Morgan fingerprint density at radius 2 is 1.56 bits per heavy atom. The SMILES string of the molecule is CC.COC(=O)C(Cc1ccc2ccccc2c1)N1CCN(C(=O)C(Cc2ccc(F)cc2)NC(=O)OC(C)(C)C)C(CC2CC2)C1=O. The van der Waals surface area contributed by atoms with Crippen LogP contribution in [0.3, 0.4) is 0 Å². The number of halogens is 1. The number of rotatable bonds is 10. The van der Waals surface area contributed by atoms with Crippen molar-refractivity contribution in [2.24, 2.45) is 5.92 Å². The van der Waals surface area contributed by atoms with E-state index in [1.54, 1.807) is 37.8 Å². The minimum Gasteiger partial charge on any atom is -0.467 e. The van der Waals surface area contributed by atoms with Crippen LogP contribution in [-0.2, 0) is 36.7 Å². The molecular weight excluding hydrogens is 613 g/mol. The first-order chi connectivity index (χ1) is 22.9. The molecule has 48 heavy (non-hydrogen) atoms. The van der Waals surface area contributed by atoms with E-state index < -0.39 is 47.5 Å². The molecule has 1 aliphatic heterocycles. The first kappa shape index (κ1) is 36.4. The molecule has 2 fully saturated rings. The summed E-state index contributed by atoms with van der Waals surface area (Å²) in [5.74, 6) is -1.40. The van der Waals surface area contributed by atoms with E-state index in [1.807, 2.05) is 56.3 Å². The summed E-state index contributed by atoms with van der Waals surface area (Å²) in [6.07, 6.45) is 1.95. The van der Waals surface area contributed by atoms with Gasteiger partial charge in [0.25, 0.3) is 0 Å². The zero-order valence-corrected chi connectivity index (χ0v) is 28.8. The van der Waals surface area contributed by atoms with Crippen LogP contribution in [0, 0.1) is 11.7 Å². The Labute approximate surface area is 282 Å². The first-order valence-electron chi connectivity index (χ1n) is 16.8. The molecule has 0 radical (unpaired) electrons. The van der Waals surface area contributed by atoms with Gasteiger partial charge in [0.05, 0.1) is 7.11 Å². The van der Waals surface area contributed by atoms with Crippen LogP contribution in [0.15, 0.2) is 66.7 Å². The van der Waals surface area contributed by atoms with Crippen molar-refractivity contribution in [1.29, 1.82) is 0 Å². The van der Waals surface area contributed by atoms with E-state index in [0.717, 1.165) is 29.2 Å². The number of carbonyl (C=O) groups excluding carboxylic acids is 4. The fourth-order valence-electron chi connectivity index (χ4n) is 6.03. The second kappa shape index (κ2) is 16.1. The van der Waals surface area contributed by atoms with E-state index >= 15 is 0 Å². The smallest absolute Gasteiger partial charge is 0.408 e. The zero-order chi connectivity index (χ0) is 35.0. The molecule has 0 aromatic heterocycles. The van der Waals surface area contributed by atoms with Crippen molar-refractivity contribution in [3.63, 3.8) is 0 Å². The van der Waals surface area contributed by atoms with Crippen molar-refractivity contribution in [3.05, 3.63) is 83.7 Å². The molecule has 0 spiro atoms. The minimum atomic E-state index is -1.06. The predicted octanol–water partition coefficient (Wildman–Crippen LogP) is 6.06. The number of hydrogen-bond donors (Lipinski definition) is 1. The molecule has 1 N–H and O–H groups in total. The number of ether oxygens (including phenoxy) is 2. The maximum Gasteiger partial charge on any atom is 0.408 e. The maximum atomic E-state index is 14.3. The molecule has 3 atom stereocenters. The Balaban J connectivity index is 0.00000255. The average Bonchev–Trinajstić information content (AvgIpc) is 3.89. The molecule has 3 aromatic carbocycles. The van der Waals surface area contributed by atoms with Crippen LogP contribution in [0.4, 0.5) is 9.18 Å². The van der Waals surface area contributed by atoms with Gasteiger partial charge in [0.1, 0.15) is 29.5 Å². The molecule has 3 unspecified atom stereocenters. The van der Waals surface area contributed by atoms with Crippen LogP contribution in [0.25, 0.3) is 10.8 Å². The van der Waals surface area contributed by atoms with Gasteiger partial charge in [0.15, 0.2) is 0 Å². The van der Waals surface area contributed by atoms with Crippen molar-refractivity contribution in [2.45, 2.75) is 90.4 Å². The Hall–Kier alpha value is -4.47. The lowest BCUT2D eigenvalue weighted by Gasteiger charge is -2.44. The highest BCUT2D eigenvalue weighted by atomic mass is 19.1. The fraction of sp³-hybridized carbons (Fsp3) is 0.474. The predicted molar refractivity (Wildman–Crippen MR) is 183 cm³/mol. The molecule has 3 aromatic rings. The molecule has 2 aliphatic rings. The van der Waals surface area contributed by atoms with E-state index in [2.05, 4.69) is 5.32 Å². The van der Waals surface area contributed by atoms with Gasteiger partial charge in [-0.15, -0.1) is 0 Å². The number of alkyl carbamates (subject to hydrolysis) is 1. The van der Waals surface area contributed by atoms with Crippen molar-refractivity contribution in [3.8, 4) is 0 Å². The zero-order valence-electron chi connectivity index (χ0n) is 28.8. The summed E-state index contributed by atoms with van der Waals surface area (Å²) in [5, 5.41) is 4.80. The second-order valence-electron chi connectivity index (χ2n) is 13.2. The van der Waals surface area contributed by atoms with Gasteiger partial charge in [-0.05, 0) is 67.1 Å². The highest BCUT2D eigenvalue weighted by Gasteiger charge is 2.46. The second-order valence-corrected chi connectivity index (χ2v) is 13.2. The Kier molecular flexibility index (Phi) is 12.2.